The quantitative estimate of drug-likeness (QED) is 0.342. The Morgan fingerprint density at radius 1 is 0.821 bits per heavy atom. The van der Waals surface area contributed by atoms with Crippen molar-refractivity contribution in [2.75, 3.05) is 23.7 Å². The summed E-state index contributed by atoms with van der Waals surface area (Å²) in [7, 11) is -3.78. The zero-order valence-electron chi connectivity index (χ0n) is 23.2. The summed E-state index contributed by atoms with van der Waals surface area (Å²) in [5.41, 5.74) is 3.22. The van der Waals surface area contributed by atoms with E-state index in [1.807, 2.05) is 93.6 Å². The molecule has 39 heavy (non-hydrogen) atoms. The van der Waals surface area contributed by atoms with Crippen molar-refractivity contribution in [1.82, 2.24) is 10.2 Å². The summed E-state index contributed by atoms with van der Waals surface area (Å²) < 4.78 is 26.8. The zero-order chi connectivity index (χ0) is 28.4. The molecular formula is C31H39N3O4S. The smallest absolute Gasteiger partial charge is 0.244 e. The highest BCUT2D eigenvalue weighted by Gasteiger charge is 2.33. The van der Waals surface area contributed by atoms with Crippen molar-refractivity contribution in [2.24, 2.45) is 5.92 Å². The molecular weight excluding hydrogens is 510 g/mol. The molecule has 0 aliphatic carbocycles. The van der Waals surface area contributed by atoms with E-state index in [1.165, 1.54) is 4.90 Å². The lowest BCUT2D eigenvalue weighted by Gasteiger charge is -2.33. The van der Waals surface area contributed by atoms with E-state index < -0.39 is 28.5 Å². The highest BCUT2D eigenvalue weighted by molar-refractivity contribution is 7.92. The van der Waals surface area contributed by atoms with Gasteiger partial charge in [-0.2, -0.15) is 0 Å². The molecule has 3 rings (SSSR count). The molecule has 7 nitrogen and oxygen atoms in total. The van der Waals surface area contributed by atoms with Crippen LogP contribution >= 0.6 is 0 Å². The third-order valence-electron chi connectivity index (χ3n) is 6.46. The lowest BCUT2D eigenvalue weighted by molar-refractivity contribution is -0.140. The lowest BCUT2D eigenvalue weighted by atomic mass is 10.0. The molecule has 208 valence electrons. The van der Waals surface area contributed by atoms with Gasteiger partial charge < -0.3 is 10.2 Å². The van der Waals surface area contributed by atoms with Crippen LogP contribution in [0.15, 0.2) is 84.9 Å². The topological polar surface area (TPSA) is 86.8 Å². The maximum absolute atomic E-state index is 14.0. The van der Waals surface area contributed by atoms with Crippen molar-refractivity contribution >= 4 is 27.5 Å². The van der Waals surface area contributed by atoms with Gasteiger partial charge >= 0.3 is 0 Å². The average Bonchev–Trinajstić information content (AvgIpc) is 2.92. The van der Waals surface area contributed by atoms with E-state index in [2.05, 4.69) is 5.32 Å². The molecule has 1 atom stereocenters. The average molecular weight is 550 g/mol. The Morgan fingerprint density at radius 2 is 1.38 bits per heavy atom. The third-order valence-corrected chi connectivity index (χ3v) is 7.60. The van der Waals surface area contributed by atoms with Gasteiger partial charge in [0.05, 0.1) is 11.9 Å². The molecule has 8 heteroatoms. The SMILES string of the molecule is CCc1ccc(N(CC(=O)N(Cc2ccccc2)[C@@H](Cc2ccccc2)C(=O)NCC(C)C)S(C)(=O)=O)cc1. The number of benzene rings is 3. The second-order valence-corrected chi connectivity index (χ2v) is 12.0. The van der Waals surface area contributed by atoms with Crippen molar-refractivity contribution in [2.45, 2.75) is 46.2 Å². The highest BCUT2D eigenvalue weighted by atomic mass is 32.2. The molecule has 0 aromatic heterocycles. The Morgan fingerprint density at radius 3 is 1.90 bits per heavy atom. The molecule has 3 aromatic rings. The van der Waals surface area contributed by atoms with Gasteiger partial charge in [-0.05, 0) is 41.2 Å². The van der Waals surface area contributed by atoms with E-state index in [4.69, 9.17) is 0 Å². The minimum Gasteiger partial charge on any atom is -0.354 e. The van der Waals surface area contributed by atoms with Crippen LogP contribution in [0.2, 0.25) is 0 Å². The summed E-state index contributed by atoms with van der Waals surface area (Å²) in [4.78, 5) is 29.1. The number of aryl methyl sites for hydroxylation is 1. The van der Waals surface area contributed by atoms with E-state index >= 15 is 0 Å². The monoisotopic (exact) mass is 549 g/mol. The van der Waals surface area contributed by atoms with Crippen LogP contribution in [0.1, 0.15) is 37.5 Å². The first kappa shape index (κ1) is 29.9. The van der Waals surface area contributed by atoms with Crippen LogP contribution in [0.5, 0.6) is 0 Å². The summed E-state index contributed by atoms with van der Waals surface area (Å²) in [5.74, 6) is -0.490. The first-order valence-electron chi connectivity index (χ1n) is 13.3. The second kappa shape index (κ2) is 13.9. The maximum atomic E-state index is 14.0. The van der Waals surface area contributed by atoms with E-state index in [-0.39, 0.29) is 18.4 Å². The van der Waals surface area contributed by atoms with Gasteiger partial charge in [0.15, 0.2) is 0 Å². The van der Waals surface area contributed by atoms with Gasteiger partial charge in [0, 0.05) is 19.5 Å². The number of nitrogens with one attached hydrogen (secondary N) is 1. The van der Waals surface area contributed by atoms with Crippen molar-refractivity contribution in [1.29, 1.82) is 0 Å². The van der Waals surface area contributed by atoms with Gasteiger partial charge in [0.1, 0.15) is 12.6 Å². The van der Waals surface area contributed by atoms with Crippen LogP contribution in [0.4, 0.5) is 5.69 Å². The molecule has 0 bridgehead atoms. The number of amides is 2. The molecule has 3 aromatic carbocycles. The number of rotatable bonds is 13. The Labute approximate surface area is 232 Å². The Kier molecular flexibility index (Phi) is 10.7. The van der Waals surface area contributed by atoms with Crippen LogP contribution in [-0.4, -0.2) is 50.5 Å². The van der Waals surface area contributed by atoms with Gasteiger partial charge in [-0.1, -0.05) is 93.6 Å². The fourth-order valence-corrected chi connectivity index (χ4v) is 5.12. The normalized spacial score (nSPS) is 12.1. The predicted molar refractivity (Wildman–Crippen MR) is 157 cm³/mol. The van der Waals surface area contributed by atoms with E-state index in [1.54, 1.807) is 12.1 Å². The van der Waals surface area contributed by atoms with Gasteiger partial charge in [-0.3, -0.25) is 13.9 Å². The molecule has 0 aliphatic heterocycles. The van der Waals surface area contributed by atoms with Gasteiger partial charge in [-0.15, -0.1) is 0 Å². The van der Waals surface area contributed by atoms with Crippen LogP contribution in [0.25, 0.3) is 0 Å². The van der Waals surface area contributed by atoms with Crippen molar-refractivity contribution < 1.29 is 18.0 Å². The molecule has 0 aliphatic rings. The lowest BCUT2D eigenvalue weighted by Crippen LogP contribution is -2.53. The molecule has 0 unspecified atom stereocenters. The summed E-state index contributed by atoms with van der Waals surface area (Å²) in [6.07, 6.45) is 2.20. The third kappa shape index (κ3) is 8.96. The van der Waals surface area contributed by atoms with Gasteiger partial charge in [-0.25, -0.2) is 8.42 Å². The van der Waals surface area contributed by atoms with Crippen molar-refractivity contribution in [3.8, 4) is 0 Å². The van der Waals surface area contributed by atoms with E-state index in [9.17, 15) is 18.0 Å². The molecule has 2 amide bonds. The predicted octanol–water partition coefficient (Wildman–Crippen LogP) is 4.43. The minimum atomic E-state index is -3.78. The summed E-state index contributed by atoms with van der Waals surface area (Å²) >= 11 is 0. The summed E-state index contributed by atoms with van der Waals surface area (Å²) in [6.45, 7) is 6.25. The largest absolute Gasteiger partial charge is 0.354 e. The minimum absolute atomic E-state index is 0.165. The first-order chi connectivity index (χ1) is 18.6. The molecule has 0 saturated carbocycles. The van der Waals surface area contributed by atoms with Crippen LogP contribution in [0.3, 0.4) is 0 Å². The van der Waals surface area contributed by atoms with Gasteiger partial charge in [0.2, 0.25) is 21.8 Å². The van der Waals surface area contributed by atoms with Gasteiger partial charge in [0.25, 0.3) is 0 Å². The fraction of sp³-hybridized carbons (Fsp3) is 0.355. The van der Waals surface area contributed by atoms with Crippen molar-refractivity contribution in [3.63, 3.8) is 0 Å². The Hall–Kier alpha value is -3.65. The number of anilines is 1. The standard InChI is InChI=1S/C31H39N3O4S/c1-5-25-16-18-28(19-17-25)34(39(4,37)38)23-30(35)33(22-27-14-10-7-11-15-27)29(31(36)32-21-24(2)3)20-26-12-8-6-9-13-26/h6-19,24,29H,5,20-23H2,1-4H3,(H,32,36)/t29-/m0/s1. The number of sulfonamides is 1. The molecule has 0 fully saturated rings. The zero-order valence-corrected chi connectivity index (χ0v) is 24.0. The number of nitrogens with zero attached hydrogens (tertiary/aromatic N) is 2. The molecule has 0 radical (unpaired) electrons. The molecule has 0 spiro atoms. The number of carbonyl (C=O) groups excluding carboxylic acids is 2. The second-order valence-electron chi connectivity index (χ2n) is 10.1. The maximum Gasteiger partial charge on any atom is 0.244 e. The Balaban J connectivity index is 2.01. The fourth-order valence-electron chi connectivity index (χ4n) is 4.27. The van der Waals surface area contributed by atoms with Crippen molar-refractivity contribution in [3.05, 3.63) is 102 Å². The summed E-state index contributed by atoms with van der Waals surface area (Å²) in [5, 5.41) is 2.99. The molecule has 1 N–H and O–H groups in total. The number of hydrogen-bond acceptors (Lipinski definition) is 4. The Bertz CT molecular complexity index is 1310. The van der Waals surface area contributed by atoms with Crippen LogP contribution in [0, 0.1) is 5.92 Å². The number of carbonyl (C=O) groups is 2. The summed E-state index contributed by atoms with van der Waals surface area (Å²) in [6, 6.07) is 25.3. The van der Waals surface area contributed by atoms with Crippen LogP contribution in [-0.2, 0) is 39.0 Å². The van der Waals surface area contributed by atoms with E-state index in [0.29, 0.717) is 18.7 Å². The molecule has 0 heterocycles. The highest BCUT2D eigenvalue weighted by Crippen LogP contribution is 2.21. The number of hydrogen-bond donors (Lipinski definition) is 1. The molecule has 0 saturated heterocycles. The van der Waals surface area contributed by atoms with E-state index in [0.717, 1.165) is 33.7 Å². The van der Waals surface area contributed by atoms with Crippen LogP contribution < -0.4 is 9.62 Å². The first-order valence-corrected chi connectivity index (χ1v) is 15.1.